The average molecular weight is 390 g/mol. The van der Waals surface area contributed by atoms with Crippen LogP contribution in [0.4, 0.5) is 5.82 Å². The van der Waals surface area contributed by atoms with Crippen molar-refractivity contribution in [2.24, 2.45) is 0 Å². The first-order chi connectivity index (χ1) is 13.6. The summed E-state index contributed by atoms with van der Waals surface area (Å²) < 4.78 is 5.86. The monoisotopic (exact) mass is 389 g/mol. The van der Waals surface area contributed by atoms with E-state index in [4.69, 9.17) is 16.0 Å². The van der Waals surface area contributed by atoms with Crippen LogP contribution in [-0.4, -0.2) is 15.9 Å². The fourth-order valence-electron chi connectivity index (χ4n) is 3.53. The zero-order valence-corrected chi connectivity index (χ0v) is 15.1. The highest BCUT2D eigenvalue weighted by Gasteiger charge is 2.44. The highest BCUT2D eigenvalue weighted by Crippen LogP contribution is 2.40. The summed E-state index contributed by atoms with van der Waals surface area (Å²) >= 11 is 6.07. The minimum Gasteiger partial charge on any atom is -0.450 e. The first-order valence-electron chi connectivity index (χ1n) is 8.56. The number of nitrogens with zero attached hydrogens (tertiary/aromatic N) is 3. The lowest BCUT2D eigenvalue weighted by Gasteiger charge is -2.23. The van der Waals surface area contributed by atoms with Gasteiger partial charge in [0.2, 0.25) is 5.76 Å². The summed E-state index contributed by atoms with van der Waals surface area (Å²) in [5, 5.41) is 0.749. The summed E-state index contributed by atoms with van der Waals surface area (Å²) in [4.78, 5) is 36.5. The SMILES string of the molecule is O=C1c2oc3ccc(Cl)cc3c(=O)c2[C@H](c2cccnc2)N1c1ccccn1. The number of anilines is 1. The summed E-state index contributed by atoms with van der Waals surface area (Å²) in [5.74, 6) is 0.0186. The largest absolute Gasteiger partial charge is 0.450 e. The van der Waals surface area contributed by atoms with Crippen LogP contribution < -0.4 is 10.3 Å². The topological polar surface area (TPSA) is 76.3 Å². The maximum Gasteiger partial charge on any atom is 0.296 e. The number of halogens is 1. The van der Waals surface area contributed by atoms with Gasteiger partial charge >= 0.3 is 0 Å². The van der Waals surface area contributed by atoms with Gasteiger partial charge in [0.05, 0.1) is 17.0 Å². The summed E-state index contributed by atoms with van der Waals surface area (Å²) in [6, 6.07) is 12.9. The Morgan fingerprint density at radius 3 is 2.68 bits per heavy atom. The number of aromatic nitrogens is 2. The van der Waals surface area contributed by atoms with Crippen LogP contribution in [-0.2, 0) is 0 Å². The standard InChI is InChI=1S/C21H12ClN3O3/c22-13-6-7-15-14(10-13)19(26)17-18(12-4-3-8-23-11-12)25(21(27)20(17)28-15)16-5-1-2-9-24-16/h1-11,18H/t18-/m0/s1. The van der Waals surface area contributed by atoms with Gasteiger partial charge in [0.25, 0.3) is 5.91 Å². The average Bonchev–Trinajstić information content (AvgIpc) is 3.03. The van der Waals surface area contributed by atoms with Gasteiger partial charge in [-0.2, -0.15) is 0 Å². The number of hydrogen-bond acceptors (Lipinski definition) is 5. The van der Waals surface area contributed by atoms with Crippen molar-refractivity contribution in [1.29, 1.82) is 0 Å². The van der Waals surface area contributed by atoms with Crippen molar-refractivity contribution in [2.45, 2.75) is 6.04 Å². The van der Waals surface area contributed by atoms with E-state index in [1.807, 2.05) is 6.07 Å². The van der Waals surface area contributed by atoms with Crippen LogP contribution in [0.15, 0.2) is 76.3 Å². The maximum atomic E-state index is 13.3. The van der Waals surface area contributed by atoms with Crippen LogP contribution in [0.3, 0.4) is 0 Å². The molecule has 0 radical (unpaired) electrons. The first-order valence-corrected chi connectivity index (χ1v) is 8.94. The predicted molar refractivity (Wildman–Crippen MR) is 105 cm³/mol. The number of hydrogen-bond donors (Lipinski definition) is 0. The highest BCUT2D eigenvalue weighted by molar-refractivity contribution is 6.31. The Morgan fingerprint density at radius 2 is 1.93 bits per heavy atom. The third kappa shape index (κ3) is 2.42. The zero-order valence-electron chi connectivity index (χ0n) is 14.4. The predicted octanol–water partition coefficient (Wildman–Crippen LogP) is 3.99. The van der Waals surface area contributed by atoms with E-state index in [-0.39, 0.29) is 16.8 Å². The second kappa shape index (κ2) is 6.28. The van der Waals surface area contributed by atoms with Gasteiger partial charge in [0.15, 0.2) is 5.43 Å². The number of pyridine rings is 2. The van der Waals surface area contributed by atoms with Gasteiger partial charge in [-0.05, 0) is 42.0 Å². The van der Waals surface area contributed by atoms with Gasteiger partial charge in [-0.1, -0.05) is 23.7 Å². The maximum absolute atomic E-state index is 13.3. The van der Waals surface area contributed by atoms with Crippen molar-refractivity contribution in [2.75, 3.05) is 4.90 Å². The molecule has 4 aromatic rings. The second-order valence-corrected chi connectivity index (χ2v) is 6.80. The van der Waals surface area contributed by atoms with Gasteiger partial charge in [-0.25, -0.2) is 4.98 Å². The van der Waals surface area contributed by atoms with Crippen molar-refractivity contribution < 1.29 is 9.21 Å². The lowest BCUT2D eigenvalue weighted by atomic mass is 10.00. The molecule has 0 N–H and O–H groups in total. The summed E-state index contributed by atoms with van der Waals surface area (Å²) in [6.45, 7) is 0. The van der Waals surface area contributed by atoms with E-state index in [0.29, 0.717) is 27.4 Å². The summed E-state index contributed by atoms with van der Waals surface area (Å²) in [5.41, 5.74) is 0.973. The van der Waals surface area contributed by atoms with E-state index in [9.17, 15) is 9.59 Å². The lowest BCUT2D eigenvalue weighted by molar-refractivity contribution is 0.0970. The highest BCUT2D eigenvalue weighted by atomic mass is 35.5. The normalized spacial score (nSPS) is 15.8. The first kappa shape index (κ1) is 16.6. The van der Waals surface area contributed by atoms with Crippen molar-refractivity contribution in [3.8, 4) is 0 Å². The molecule has 1 amide bonds. The van der Waals surface area contributed by atoms with E-state index in [1.165, 1.54) is 4.90 Å². The summed E-state index contributed by atoms with van der Waals surface area (Å²) in [6.07, 6.45) is 4.86. The lowest BCUT2D eigenvalue weighted by Crippen LogP contribution is -2.30. The molecule has 136 valence electrons. The minimum atomic E-state index is -0.689. The van der Waals surface area contributed by atoms with Crippen molar-refractivity contribution >= 4 is 34.3 Å². The molecule has 28 heavy (non-hydrogen) atoms. The molecule has 5 rings (SSSR count). The molecule has 1 aliphatic rings. The number of carbonyl (C=O) groups excluding carboxylic acids is 1. The van der Waals surface area contributed by atoms with Crippen molar-refractivity contribution in [3.05, 3.63) is 99.3 Å². The molecule has 0 unspecified atom stereocenters. The Bertz CT molecular complexity index is 1270. The minimum absolute atomic E-state index is 0.0133. The number of rotatable bonds is 2. The van der Waals surface area contributed by atoms with E-state index in [2.05, 4.69) is 9.97 Å². The second-order valence-electron chi connectivity index (χ2n) is 6.37. The van der Waals surface area contributed by atoms with Crippen molar-refractivity contribution in [1.82, 2.24) is 9.97 Å². The molecule has 0 bridgehead atoms. The molecule has 0 saturated heterocycles. The third-order valence-electron chi connectivity index (χ3n) is 4.73. The number of carbonyl (C=O) groups is 1. The molecule has 4 heterocycles. The zero-order chi connectivity index (χ0) is 19.3. The van der Waals surface area contributed by atoms with Crippen LogP contribution in [0.2, 0.25) is 5.02 Å². The van der Waals surface area contributed by atoms with Gasteiger partial charge < -0.3 is 4.42 Å². The molecule has 1 atom stereocenters. The Labute approximate surface area is 164 Å². The van der Waals surface area contributed by atoms with Crippen LogP contribution in [0.5, 0.6) is 0 Å². The Balaban J connectivity index is 1.84. The summed E-state index contributed by atoms with van der Waals surface area (Å²) in [7, 11) is 0. The molecule has 7 heteroatoms. The van der Waals surface area contributed by atoms with Crippen LogP contribution in [0, 0.1) is 0 Å². The van der Waals surface area contributed by atoms with Gasteiger partial charge in [0.1, 0.15) is 11.4 Å². The van der Waals surface area contributed by atoms with Gasteiger partial charge in [0, 0.05) is 23.6 Å². The Hall–Kier alpha value is -3.51. The molecule has 1 aliphatic heterocycles. The molecule has 6 nitrogen and oxygen atoms in total. The molecule has 0 aliphatic carbocycles. The Morgan fingerprint density at radius 1 is 1.04 bits per heavy atom. The van der Waals surface area contributed by atoms with E-state index in [0.717, 1.165) is 0 Å². The van der Waals surface area contributed by atoms with E-state index in [1.54, 1.807) is 61.1 Å². The quantitative estimate of drug-likeness (QED) is 0.518. The molecule has 0 fully saturated rings. The molecular weight excluding hydrogens is 378 g/mol. The number of benzene rings is 1. The van der Waals surface area contributed by atoms with Gasteiger partial charge in [-0.3, -0.25) is 19.5 Å². The van der Waals surface area contributed by atoms with E-state index < -0.39 is 11.9 Å². The van der Waals surface area contributed by atoms with E-state index >= 15 is 0 Å². The molecule has 0 spiro atoms. The third-order valence-corrected chi connectivity index (χ3v) is 4.96. The smallest absolute Gasteiger partial charge is 0.296 e. The van der Waals surface area contributed by atoms with Crippen molar-refractivity contribution in [3.63, 3.8) is 0 Å². The van der Waals surface area contributed by atoms with Crippen LogP contribution in [0.25, 0.3) is 11.0 Å². The molecule has 3 aromatic heterocycles. The van der Waals surface area contributed by atoms with Crippen LogP contribution in [0.1, 0.15) is 27.7 Å². The molecule has 0 saturated carbocycles. The molecular formula is C21H12ClN3O3. The Kier molecular flexibility index (Phi) is 3.74. The fourth-order valence-corrected chi connectivity index (χ4v) is 3.70. The van der Waals surface area contributed by atoms with Gasteiger partial charge in [-0.15, -0.1) is 0 Å². The number of fused-ring (bicyclic) bond motifs is 2. The fraction of sp³-hybridized carbons (Fsp3) is 0.0476. The molecule has 1 aromatic carbocycles. The van der Waals surface area contributed by atoms with Crippen LogP contribution >= 0.6 is 11.6 Å². The number of amides is 1.